The number of hydrogen-bond acceptors (Lipinski definition) is 9. The van der Waals surface area contributed by atoms with E-state index < -0.39 is 11.9 Å². The largest absolute Gasteiger partial charge is 0.481 e. The van der Waals surface area contributed by atoms with Crippen molar-refractivity contribution in [3.05, 3.63) is 41.8 Å². The molecule has 2 amide bonds. The molecular weight excluding hydrogens is 499 g/mol. The monoisotopic (exact) mass is 524 g/mol. The van der Waals surface area contributed by atoms with Crippen LogP contribution < -0.4 is 15.0 Å². The van der Waals surface area contributed by atoms with Gasteiger partial charge >= 0.3 is 6.09 Å². The van der Waals surface area contributed by atoms with Gasteiger partial charge in [0.15, 0.2) is 0 Å². The van der Waals surface area contributed by atoms with Gasteiger partial charge in [0.1, 0.15) is 23.6 Å². The number of rotatable bonds is 5. The number of methoxy groups -OCH3 is 1. The first-order valence-electron chi connectivity index (χ1n) is 12.1. The molecule has 6 rings (SSSR count). The van der Waals surface area contributed by atoms with Crippen LogP contribution in [0, 0.1) is 11.7 Å². The van der Waals surface area contributed by atoms with Crippen molar-refractivity contribution in [3.8, 4) is 5.88 Å². The summed E-state index contributed by atoms with van der Waals surface area (Å²) in [5.74, 6) is 1.37. The van der Waals surface area contributed by atoms with Crippen LogP contribution in [0.15, 0.2) is 35.4 Å². The highest BCUT2D eigenvalue weighted by molar-refractivity contribution is 8.00. The number of fused-ring (bicyclic) bond motifs is 3. The number of carbonyl (C=O) groups is 2. The molecule has 10 nitrogen and oxygen atoms in total. The number of ether oxygens (including phenoxy) is 2. The van der Waals surface area contributed by atoms with Crippen molar-refractivity contribution < 1.29 is 23.5 Å². The molecule has 2 fully saturated rings. The Labute approximate surface area is 216 Å². The maximum atomic E-state index is 14.7. The number of likely N-dealkylation sites (tertiary alicyclic amines) is 1. The van der Waals surface area contributed by atoms with Crippen LogP contribution in [0.25, 0.3) is 11.0 Å². The fourth-order valence-corrected chi connectivity index (χ4v) is 5.82. The highest BCUT2D eigenvalue weighted by atomic mass is 32.2. The van der Waals surface area contributed by atoms with Gasteiger partial charge in [0.25, 0.3) is 0 Å². The molecule has 3 aliphatic rings. The van der Waals surface area contributed by atoms with Crippen molar-refractivity contribution in [3.63, 3.8) is 0 Å². The summed E-state index contributed by atoms with van der Waals surface area (Å²) >= 11 is 1.43. The molecule has 3 aromatic rings. The molecule has 0 radical (unpaired) electrons. The first kappa shape index (κ1) is 23.9. The maximum Gasteiger partial charge on any atom is 0.415 e. The molecule has 0 bridgehead atoms. The van der Waals surface area contributed by atoms with Gasteiger partial charge in [-0.15, -0.1) is 11.8 Å². The summed E-state index contributed by atoms with van der Waals surface area (Å²) in [6, 6.07) is 7.14. The molecule has 2 saturated heterocycles. The summed E-state index contributed by atoms with van der Waals surface area (Å²) in [7, 11) is 1.52. The SMILES string of the molecule is COc1ccc2ncc(F)c(CCN3CC[C@@H]4CN(c5ccc6c(n5)NC(=O)CS6)C(=O)O[C@H]4C3)c2n1. The quantitative estimate of drug-likeness (QED) is 0.538. The van der Waals surface area contributed by atoms with Crippen molar-refractivity contribution in [2.45, 2.75) is 23.8 Å². The van der Waals surface area contributed by atoms with Crippen LogP contribution in [0.1, 0.15) is 12.0 Å². The molecule has 2 atom stereocenters. The summed E-state index contributed by atoms with van der Waals surface area (Å²) in [5, 5.41) is 2.77. The molecule has 3 aromatic heterocycles. The van der Waals surface area contributed by atoms with Crippen molar-refractivity contribution in [2.75, 3.05) is 49.3 Å². The predicted octanol–water partition coefficient (Wildman–Crippen LogP) is 3.11. The molecule has 0 spiro atoms. The summed E-state index contributed by atoms with van der Waals surface area (Å²) in [6.45, 7) is 2.48. The number of nitrogens with one attached hydrogen (secondary N) is 1. The summed E-state index contributed by atoms with van der Waals surface area (Å²) in [6.07, 6.45) is 1.81. The second-order valence-electron chi connectivity index (χ2n) is 9.29. The summed E-state index contributed by atoms with van der Waals surface area (Å²) in [5.41, 5.74) is 1.62. The van der Waals surface area contributed by atoms with Crippen LogP contribution in [0.3, 0.4) is 0 Å². The van der Waals surface area contributed by atoms with Crippen molar-refractivity contribution >= 4 is 46.4 Å². The number of aromatic nitrogens is 3. The Bertz CT molecular complexity index is 1390. The highest BCUT2D eigenvalue weighted by Crippen LogP contribution is 2.34. The number of pyridine rings is 3. The number of thioether (sulfide) groups is 1. The minimum Gasteiger partial charge on any atom is -0.481 e. The van der Waals surface area contributed by atoms with Crippen LogP contribution >= 0.6 is 11.8 Å². The van der Waals surface area contributed by atoms with E-state index in [0.29, 0.717) is 65.9 Å². The van der Waals surface area contributed by atoms with E-state index in [1.807, 2.05) is 6.07 Å². The van der Waals surface area contributed by atoms with E-state index in [9.17, 15) is 14.0 Å². The second kappa shape index (κ2) is 9.75. The molecule has 12 heteroatoms. The van der Waals surface area contributed by atoms with E-state index in [4.69, 9.17) is 9.47 Å². The maximum absolute atomic E-state index is 14.7. The summed E-state index contributed by atoms with van der Waals surface area (Å²) < 4.78 is 25.7. The van der Waals surface area contributed by atoms with Crippen LogP contribution in [0.4, 0.5) is 20.8 Å². The van der Waals surface area contributed by atoms with Gasteiger partial charge in [-0.2, -0.15) is 0 Å². The number of amides is 2. The van der Waals surface area contributed by atoms with Gasteiger partial charge in [0.2, 0.25) is 11.8 Å². The van der Waals surface area contributed by atoms with Crippen LogP contribution in [-0.2, 0) is 16.0 Å². The van der Waals surface area contributed by atoms with Gasteiger partial charge in [-0.05, 0) is 37.6 Å². The predicted molar refractivity (Wildman–Crippen MR) is 136 cm³/mol. The van der Waals surface area contributed by atoms with E-state index in [2.05, 4.69) is 25.2 Å². The van der Waals surface area contributed by atoms with Gasteiger partial charge in [-0.1, -0.05) is 0 Å². The Hall–Kier alpha value is -3.51. The van der Waals surface area contributed by atoms with Gasteiger partial charge in [-0.3, -0.25) is 19.6 Å². The van der Waals surface area contributed by atoms with Gasteiger partial charge < -0.3 is 14.8 Å². The lowest BCUT2D eigenvalue weighted by Gasteiger charge is -2.43. The number of halogens is 1. The molecule has 3 aliphatic heterocycles. The molecule has 0 unspecified atom stereocenters. The summed E-state index contributed by atoms with van der Waals surface area (Å²) in [4.78, 5) is 42.3. The lowest BCUT2D eigenvalue weighted by atomic mass is 9.91. The number of hydrogen-bond donors (Lipinski definition) is 1. The average Bonchev–Trinajstić information content (AvgIpc) is 2.91. The number of carbonyl (C=O) groups excluding carboxylic acids is 2. The zero-order valence-electron chi connectivity index (χ0n) is 20.1. The molecule has 6 heterocycles. The van der Waals surface area contributed by atoms with Gasteiger partial charge in [0, 0.05) is 37.2 Å². The fraction of sp³-hybridized carbons (Fsp3) is 0.400. The minimum atomic E-state index is -0.451. The molecule has 0 aromatic carbocycles. The van der Waals surface area contributed by atoms with Crippen LogP contribution in [0.2, 0.25) is 0 Å². The van der Waals surface area contributed by atoms with Crippen molar-refractivity contribution in [2.24, 2.45) is 5.92 Å². The third kappa shape index (κ3) is 4.66. The molecule has 192 valence electrons. The van der Waals surface area contributed by atoms with Gasteiger partial charge in [-0.25, -0.2) is 19.2 Å². The van der Waals surface area contributed by atoms with Gasteiger partial charge in [0.05, 0.1) is 35.0 Å². The topological polar surface area (TPSA) is 110 Å². The smallest absolute Gasteiger partial charge is 0.415 e. The zero-order valence-corrected chi connectivity index (χ0v) is 21.0. The fourth-order valence-electron chi connectivity index (χ4n) is 5.07. The lowest BCUT2D eigenvalue weighted by Crippen LogP contribution is -2.56. The molecular formula is C25H25FN6O4S. The standard InChI is InChI=1S/C25H25FN6O4S/c1-35-22-5-2-17-23(30-22)15(16(26)10-27-17)7-9-31-8-6-14-11-32(25(34)36-18(14)12-31)20-4-3-19-24(28-20)29-21(33)13-37-19/h2-5,10,14,18H,6-9,11-13H2,1H3,(H,28,29,33)/t14-,18+/m1/s1. The third-order valence-corrected chi connectivity index (χ3v) is 8.08. The lowest BCUT2D eigenvalue weighted by molar-refractivity contribution is -0.113. The first-order chi connectivity index (χ1) is 18.0. The van der Waals surface area contributed by atoms with E-state index in [0.717, 1.165) is 17.9 Å². The molecule has 37 heavy (non-hydrogen) atoms. The van der Waals surface area contributed by atoms with E-state index in [1.54, 1.807) is 23.1 Å². The van der Waals surface area contributed by atoms with E-state index in [1.165, 1.54) is 25.1 Å². The van der Waals surface area contributed by atoms with Crippen LogP contribution in [-0.4, -0.2) is 77.0 Å². The molecule has 0 aliphatic carbocycles. The first-order valence-corrected chi connectivity index (χ1v) is 13.1. The second-order valence-corrected chi connectivity index (χ2v) is 10.3. The molecule has 0 saturated carbocycles. The Morgan fingerprint density at radius 2 is 2.11 bits per heavy atom. The van der Waals surface area contributed by atoms with Crippen molar-refractivity contribution in [1.82, 2.24) is 19.9 Å². The Morgan fingerprint density at radius 1 is 1.22 bits per heavy atom. The molecule has 1 N–H and O–H groups in total. The Morgan fingerprint density at radius 3 is 2.97 bits per heavy atom. The number of nitrogens with zero attached hydrogens (tertiary/aromatic N) is 5. The highest BCUT2D eigenvalue weighted by Gasteiger charge is 2.40. The number of anilines is 2. The number of piperidine rings is 1. The third-order valence-electron chi connectivity index (χ3n) is 7.03. The average molecular weight is 525 g/mol. The Balaban J connectivity index is 1.12. The Kier molecular flexibility index (Phi) is 6.29. The van der Waals surface area contributed by atoms with Crippen molar-refractivity contribution in [1.29, 1.82) is 0 Å². The van der Waals surface area contributed by atoms with Crippen LogP contribution in [0.5, 0.6) is 5.88 Å². The zero-order chi connectivity index (χ0) is 25.5. The van der Waals surface area contributed by atoms with E-state index >= 15 is 0 Å². The van der Waals surface area contributed by atoms with E-state index in [-0.39, 0.29) is 17.9 Å². The normalized spacial score (nSPS) is 21.7. The minimum absolute atomic E-state index is 0.106.